The summed E-state index contributed by atoms with van der Waals surface area (Å²) in [4.78, 5) is 9.26. The van der Waals surface area contributed by atoms with Gasteiger partial charge in [0.1, 0.15) is 0 Å². The highest BCUT2D eigenvalue weighted by molar-refractivity contribution is 6.35. The summed E-state index contributed by atoms with van der Waals surface area (Å²) in [6, 6.07) is 14.1. The fourth-order valence-electron chi connectivity index (χ4n) is 3.06. The van der Waals surface area contributed by atoms with Crippen LogP contribution in [0.2, 0.25) is 10.0 Å². The van der Waals surface area contributed by atoms with Gasteiger partial charge in [-0.05, 0) is 36.2 Å². The Hall–Kier alpha value is -1.42. The number of nitrogens with zero attached hydrogens (tertiary/aromatic N) is 3. The van der Waals surface area contributed by atoms with Crippen LogP contribution in [0.4, 0.5) is 11.4 Å². The summed E-state index contributed by atoms with van der Waals surface area (Å²) in [5.74, 6) is 1.03. The van der Waals surface area contributed by atoms with Crippen molar-refractivity contribution in [3.63, 3.8) is 0 Å². The Morgan fingerprint density at radius 3 is 2.61 bits per heavy atom. The van der Waals surface area contributed by atoms with E-state index in [-0.39, 0.29) is 12.4 Å². The molecule has 23 heavy (non-hydrogen) atoms. The summed E-state index contributed by atoms with van der Waals surface area (Å²) in [5.41, 5.74) is 3.47. The first-order valence-corrected chi connectivity index (χ1v) is 8.12. The Labute approximate surface area is 151 Å². The molecule has 2 aromatic rings. The van der Waals surface area contributed by atoms with E-state index in [1.807, 2.05) is 12.1 Å². The Morgan fingerprint density at radius 2 is 1.83 bits per heavy atom. The van der Waals surface area contributed by atoms with Gasteiger partial charge in [-0.15, -0.1) is 0 Å². The first-order chi connectivity index (χ1) is 10.7. The zero-order chi connectivity index (χ0) is 15.1. The number of hydrogen-bond acceptors (Lipinski definition) is 3. The second-order valence-corrected chi connectivity index (χ2v) is 6.34. The summed E-state index contributed by atoms with van der Waals surface area (Å²) in [6.45, 7) is 2.59. The molecule has 120 valence electrons. The van der Waals surface area contributed by atoms with Gasteiger partial charge in [0.05, 0.1) is 17.9 Å². The topological polar surface area (TPSA) is 18.8 Å². The largest absolute Gasteiger partial charge is 1.00 e. The molecule has 0 amide bonds. The molecule has 0 radical (unpaired) electrons. The minimum absolute atomic E-state index is 0. The van der Waals surface area contributed by atoms with Gasteiger partial charge in [0.2, 0.25) is 5.96 Å². The molecule has 0 spiro atoms. The highest BCUT2D eigenvalue weighted by Crippen LogP contribution is 2.39. The van der Waals surface area contributed by atoms with E-state index in [0.29, 0.717) is 16.6 Å². The number of fused-ring (bicyclic) bond motifs is 3. The molecule has 0 atom stereocenters. The maximum absolute atomic E-state index is 6.35. The van der Waals surface area contributed by atoms with E-state index < -0.39 is 0 Å². The number of anilines is 2. The Kier molecular flexibility index (Phi) is 4.72. The monoisotopic (exact) mass is 366 g/mol. The van der Waals surface area contributed by atoms with E-state index in [1.165, 1.54) is 11.4 Å². The van der Waals surface area contributed by atoms with E-state index in [1.54, 1.807) is 6.07 Å². The Morgan fingerprint density at radius 1 is 1.04 bits per heavy atom. The normalized spacial score (nSPS) is 15.7. The van der Waals surface area contributed by atoms with Crippen molar-refractivity contribution in [3.8, 4) is 0 Å². The SMILES string of the molecule is Clc1ccc(CN2C3=NCCCN3c3ccccc32)c(Cl)c1.[Cl-]. The molecule has 0 bridgehead atoms. The van der Waals surface area contributed by atoms with Gasteiger partial charge in [0, 0.05) is 23.1 Å². The van der Waals surface area contributed by atoms with Gasteiger partial charge in [0.15, 0.2) is 0 Å². The molecule has 4 rings (SSSR count). The summed E-state index contributed by atoms with van der Waals surface area (Å²) in [6.07, 6.45) is 1.09. The van der Waals surface area contributed by atoms with Gasteiger partial charge in [-0.3, -0.25) is 4.99 Å². The second kappa shape index (κ2) is 6.60. The number of hydrogen-bond donors (Lipinski definition) is 0. The van der Waals surface area contributed by atoms with E-state index in [2.05, 4.69) is 34.1 Å². The van der Waals surface area contributed by atoms with Gasteiger partial charge in [0.25, 0.3) is 0 Å². The average Bonchev–Trinajstić information content (AvgIpc) is 2.85. The fraction of sp³-hybridized carbons (Fsp3) is 0.235. The smallest absolute Gasteiger partial charge is 0.206 e. The zero-order valence-electron chi connectivity index (χ0n) is 12.3. The van der Waals surface area contributed by atoms with Crippen LogP contribution in [0.5, 0.6) is 0 Å². The molecule has 0 aromatic heterocycles. The van der Waals surface area contributed by atoms with E-state index >= 15 is 0 Å². The van der Waals surface area contributed by atoms with Crippen LogP contribution < -0.4 is 22.2 Å². The molecule has 2 aliphatic heterocycles. The van der Waals surface area contributed by atoms with Crippen molar-refractivity contribution in [1.82, 2.24) is 0 Å². The third-order valence-electron chi connectivity index (χ3n) is 4.08. The summed E-state index contributed by atoms with van der Waals surface area (Å²) in [5, 5.41) is 1.35. The standard InChI is InChI=1S/C17H15Cl2N3.ClH/c18-13-7-6-12(14(19)10-13)11-22-16-5-2-1-4-15(16)21-9-3-8-20-17(21)22;/h1-2,4-7,10H,3,8-9,11H2;1H/p-1. The van der Waals surface area contributed by atoms with Crippen molar-refractivity contribution < 1.29 is 12.4 Å². The maximum Gasteiger partial charge on any atom is 0.206 e. The van der Waals surface area contributed by atoms with Crippen LogP contribution in [0.3, 0.4) is 0 Å². The number of halogens is 3. The second-order valence-electron chi connectivity index (χ2n) is 5.50. The molecule has 3 nitrogen and oxygen atoms in total. The van der Waals surface area contributed by atoms with Crippen LogP contribution in [0, 0.1) is 0 Å². The lowest BCUT2D eigenvalue weighted by Crippen LogP contribution is -3.00. The molecule has 2 heterocycles. The van der Waals surface area contributed by atoms with Crippen molar-refractivity contribution in [3.05, 3.63) is 58.1 Å². The quantitative estimate of drug-likeness (QED) is 0.803. The third-order valence-corrected chi connectivity index (χ3v) is 4.67. The molecule has 2 aromatic carbocycles. The molecule has 2 aliphatic rings. The fourth-order valence-corrected chi connectivity index (χ4v) is 3.53. The summed E-state index contributed by atoms with van der Waals surface area (Å²) >= 11 is 12.3. The van der Waals surface area contributed by atoms with Crippen molar-refractivity contribution in [1.29, 1.82) is 0 Å². The van der Waals surface area contributed by atoms with Crippen LogP contribution in [-0.2, 0) is 6.54 Å². The number of rotatable bonds is 2. The lowest BCUT2D eigenvalue weighted by Gasteiger charge is -2.27. The highest BCUT2D eigenvalue weighted by atomic mass is 35.5. The molecule has 0 unspecified atom stereocenters. The summed E-state index contributed by atoms with van der Waals surface area (Å²) < 4.78 is 0. The third kappa shape index (κ3) is 2.89. The Bertz CT molecular complexity index is 760. The zero-order valence-corrected chi connectivity index (χ0v) is 14.6. The molecule has 0 aliphatic carbocycles. The number of guanidine groups is 1. The van der Waals surface area contributed by atoms with Crippen molar-refractivity contribution in [2.75, 3.05) is 22.9 Å². The Balaban J connectivity index is 0.00000156. The first-order valence-electron chi connectivity index (χ1n) is 7.36. The predicted octanol–water partition coefficient (Wildman–Crippen LogP) is 1.58. The molecular formula is C17H15Cl3N3-. The van der Waals surface area contributed by atoms with Crippen molar-refractivity contribution in [2.24, 2.45) is 4.99 Å². The van der Waals surface area contributed by atoms with Gasteiger partial charge in [-0.25, -0.2) is 0 Å². The van der Waals surface area contributed by atoms with Gasteiger partial charge >= 0.3 is 0 Å². The van der Waals surface area contributed by atoms with E-state index in [9.17, 15) is 0 Å². The molecule has 0 N–H and O–H groups in total. The van der Waals surface area contributed by atoms with Crippen LogP contribution in [0.1, 0.15) is 12.0 Å². The molecular weight excluding hydrogens is 353 g/mol. The number of benzene rings is 2. The maximum atomic E-state index is 6.35. The van der Waals surface area contributed by atoms with E-state index in [0.717, 1.165) is 31.0 Å². The average molecular weight is 368 g/mol. The van der Waals surface area contributed by atoms with Crippen molar-refractivity contribution in [2.45, 2.75) is 13.0 Å². The van der Waals surface area contributed by atoms with Crippen LogP contribution in [0.25, 0.3) is 0 Å². The first kappa shape index (κ1) is 16.4. The van der Waals surface area contributed by atoms with Crippen LogP contribution in [-0.4, -0.2) is 19.0 Å². The van der Waals surface area contributed by atoms with Crippen molar-refractivity contribution >= 4 is 40.5 Å². The van der Waals surface area contributed by atoms with Gasteiger partial charge < -0.3 is 22.2 Å². The predicted molar refractivity (Wildman–Crippen MR) is 93.4 cm³/mol. The van der Waals surface area contributed by atoms with E-state index in [4.69, 9.17) is 28.2 Å². The number of aliphatic imine (C=N–C) groups is 1. The van der Waals surface area contributed by atoms with Gasteiger partial charge in [-0.1, -0.05) is 41.4 Å². The molecule has 6 heteroatoms. The minimum atomic E-state index is 0. The lowest BCUT2D eigenvalue weighted by atomic mass is 10.2. The molecule has 0 saturated heterocycles. The number of para-hydroxylation sites is 2. The lowest BCUT2D eigenvalue weighted by molar-refractivity contribution is -0.00000412. The van der Waals surface area contributed by atoms with Gasteiger partial charge in [-0.2, -0.15) is 0 Å². The van der Waals surface area contributed by atoms with Crippen LogP contribution >= 0.6 is 23.2 Å². The summed E-state index contributed by atoms with van der Waals surface area (Å²) in [7, 11) is 0. The molecule has 0 saturated carbocycles. The highest BCUT2D eigenvalue weighted by Gasteiger charge is 2.33. The minimum Gasteiger partial charge on any atom is -1.00 e. The van der Waals surface area contributed by atoms with Crippen LogP contribution in [0.15, 0.2) is 47.5 Å². The molecule has 0 fully saturated rings.